The van der Waals surface area contributed by atoms with Crippen molar-refractivity contribution in [3.05, 3.63) is 53.1 Å². The monoisotopic (exact) mass is 442 g/mol. The van der Waals surface area contributed by atoms with Crippen LogP contribution in [0.2, 0.25) is 0 Å². The standard InChI is InChI=1S/C16H6F12O/c17-13(18,19)7-5-9(14(20,21)22)12(10(6-7)15(23,24)25)8-3-1-2-4-11(8)29-16(26,27)28/h1-6H. The van der Waals surface area contributed by atoms with Crippen LogP contribution in [0.25, 0.3) is 11.1 Å². The fourth-order valence-corrected chi connectivity index (χ4v) is 2.43. The molecule has 0 N–H and O–H groups in total. The molecule has 0 unspecified atom stereocenters. The second-order valence-corrected chi connectivity index (χ2v) is 5.48. The Morgan fingerprint density at radius 1 is 0.586 bits per heavy atom. The highest BCUT2D eigenvalue weighted by molar-refractivity contribution is 5.78. The summed E-state index contributed by atoms with van der Waals surface area (Å²) in [5, 5.41) is 0. The summed E-state index contributed by atoms with van der Waals surface area (Å²) in [5.41, 5.74) is -10.4. The summed E-state index contributed by atoms with van der Waals surface area (Å²) >= 11 is 0. The van der Waals surface area contributed by atoms with Crippen LogP contribution in [-0.4, -0.2) is 6.36 Å². The van der Waals surface area contributed by atoms with Gasteiger partial charge in [-0.05, 0) is 18.2 Å². The van der Waals surface area contributed by atoms with Crippen LogP contribution >= 0.6 is 0 Å². The van der Waals surface area contributed by atoms with Crippen molar-refractivity contribution in [2.75, 3.05) is 0 Å². The number of hydrogen-bond acceptors (Lipinski definition) is 1. The zero-order chi connectivity index (χ0) is 22.4. The molecule has 0 aliphatic rings. The molecule has 29 heavy (non-hydrogen) atoms. The van der Waals surface area contributed by atoms with Crippen molar-refractivity contribution in [3.63, 3.8) is 0 Å². The molecule has 0 spiro atoms. The van der Waals surface area contributed by atoms with Gasteiger partial charge in [0.25, 0.3) is 0 Å². The van der Waals surface area contributed by atoms with Crippen LogP contribution in [0.3, 0.4) is 0 Å². The van der Waals surface area contributed by atoms with E-state index < -0.39 is 70.6 Å². The lowest BCUT2D eigenvalue weighted by Crippen LogP contribution is -2.20. The van der Waals surface area contributed by atoms with Gasteiger partial charge in [-0.2, -0.15) is 39.5 Å². The summed E-state index contributed by atoms with van der Waals surface area (Å²) in [6, 6.07) is 1.30. The Bertz CT molecular complexity index is 851. The topological polar surface area (TPSA) is 9.23 Å². The Labute approximate surface area is 153 Å². The van der Waals surface area contributed by atoms with E-state index in [2.05, 4.69) is 4.74 Å². The Morgan fingerprint density at radius 2 is 1.03 bits per heavy atom. The van der Waals surface area contributed by atoms with Crippen molar-refractivity contribution in [2.24, 2.45) is 0 Å². The summed E-state index contributed by atoms with van der Waals surface area (Å²) in [4.78, 5) is 0. The number of alkyl halides is 12. The van der Waals surface area contributed by atoms with Gasteiger partial charge in [0.05, 0.1) is 16.7 Å². The van der Waals surface area contributed by atoms with Gasteiger partial charge in [-0.15, -0.1) is 13.2 Å². The molecule has 0 aliphatic carbocycles. The minimum absolute atomic E-state index is 0.431. The molecule has 0 saturated carbocycles. The van der Waals surface area contributed by atoms with Crippen LogP contribution in [-0.2, 0) is 18.5 Å². The van der Waals surface area contributed by atoms with E-state index in [4.69, 9.17) is 0 Å². The molecule has 0 bridgehead atoms. The molecule has 2 aromatic rings. The Hall–Kier alpha value is -2.60. The van der Waals surface area contributed by atoms with E-state index >= 15 is 0 Å². The van der Waals surface area contributed by atoms with E-state index in [0.29, 0.717) is 12.1 Å². The Morgan fingerprint density at radius 3 is 1.41 bits per heavy atom. The highest BCUT2D eigenvalue weighted by Gasteiger charge is 2.46. The van der Waals surface area contributed by atoms with Gasteiger partial charge in [-0.3, -0.25) is 0 Å². The maximum Gasteiger partial charge on any atom is 0.573 e. The number of halogens is 12. The molecule has 0 aliphatic heterocycles. The molecule has 0 fully saturated rings. The Kier molecular flexibility index (Phi) is 5.49. The van der Waals surface area contributed by atoms with E-state index in [0.717, 1.165) is 12.1 Å². The quantitative estimate of drug-likeness (QED) is 0.444. The summed E-state index contributed by atoms with van der Waals surface area (Å²) in [7, 11) is 0. The molecule has 0 aromatic heterocycles. The average Bonchev–Trinajstić information content (AvgIpc) is 2.50. The number of para-hydroxylation sites is 1. The van der Waals surface area contributed by atoms with Gasteiger partial charge in [0.2, 0.25) is 0 Å². The van der Waals surface area contributed by atoms with Crippen molar-refractivity contribution in [3.8, 4) is 16.9 Å². The Balaban J connectivity index is 2.99. The van der Waals surface area contributed by atoms with Crippen LogP contribution < -0.4 is 4.74 Å². The van der Waals surface area contributed by atoms with Crippen LogP contribution in [0.1, 0.15) is 16.7 Å². The van der Waals surface area contributed by atoms with E-state index in [-0.39, 0.29) is 0 Å². The smallest absolute Gasteiger partial charge is 0.405 e. The largest absolute Gasteiger partial charge is 0.573 e. The first-order valence-electron chi connectivity index (χ1n) is 7.16. The molecule has 0 heterocycles. The minimum atomic E-state index is -5.76. The van der Waals surface area contributed by atoms with E-state index in [1.807, 2.05) is 0 Å². The molecular formula is C16H6F12O. The number of rotatable bonds is 2. The first-order valence-corrected chi connectivity index (χ1v) is 7.16. The predicted octanol–water partition coefficient (Wildman–Crippen LogP) is 7.31. The fourth-order valence-electron chi connectivity index (χ4n) is 2.43. The molecule has 2 aromatic carbocycles. The third-order valence-corrected chi connectivity index (χ3v) is 3.46. The first kappa shape index (κ1) is 22.7. The van der Waals surface area contributed by atoms with Gasteiger partial charge in [0.1, 0.15) is 5.75 Å². The lowest BCUT2D eigenvalue weighted by atomic mass is 9.90. The highest BCUT2D eigenvalue weighted by Crippen LogP contribution is 2.49. The van der Waals surface area contributed by atoms with Gasteiger partial charge in [0.15, 0.2) is 0 Å². The molecule has 13 heteroatoms. The molecule has 1 nitrogen and oxygen atoms in total. The van der Waals surface area contributed by atoms with Crippen molar-refractivity contribution < 1.29 is 57.4 Å². The molecule has 0 atom stereocenters. The molecule has 0 amide bonds. The SMILES string of the molecule is FC(F)(F)Oc1ccccc1-c1c(C(F)(F)F)cc(C(F)(F)F)cc1C(F)(F)F. The number of benzene rings is 2. The second-order valence-electron chi connectivity index (χ2n) is 5.48. The molecule has 160 valence electrons. The average molecular weight is 442 g/mol. The number of ether oxygens (including phenoxy) is 1. The van der Waals surface area contributed by atoms with Crippen LogP contribution in [0.4, 0.5) is 52.7 Å². The van der Waals surface area contributed by atoms with Gasteiger partial charge in [0, 0.05) is 11.1 Å². The lowest BCUT2D eigenvalue weighted by Gasteiger charge is -2.23. The van der Waals surface area contributed by atoms with Crippen molar-refractivity contribution in [1.29, 1.82) is 0 Å². The molecule has 0 saturated heterocycles. The van der Waals surface area contributed by atoms with Gasteiger partial charge in [-0.1, -0.05) is 18.2 Å². The van der Waals surface area contributed by atoms with Crippen LogP contribution in [0.15, 0.2) is 36.4 Å². The number of hydrogen-bond donors (Lipinski definition) is 0. The first-order chi connectivity index (χ1) is 12.9. The molecular weight excluding hydrogens is 436 g/mol. The summed E-state index contributed by atoms with van der Waals surface area (Å²) in [6.07, 6.45) is -22.6. The molecule has 0 radical (unpaired) electrons. The fraction of sp³-hybridized carbons (Fsp3) is 0.250. The van der Waals surface area contributed by atoms with E-state index in [9.17, 15) is 52.7 Å². The molecule has 2 rings (SSSR count). The maximum atomic E-state index is 13.3. The summed E-state index contributed by atoms with van der Waals surface area (Å²) in [6.45, 7) is 0. The van der Waals surface area contributed by atoms with Crippen LogP contribution in [0.5, 0.6) is 5.75 Å². The normalized spacial score (nSPS) is 13.5. The third-order valence-electron chi connectivity index (χ3n) is 3.46. The van der Waals surface area contributed by atoms with Gasteiger partial charge >= 0.3 is 24.9 Å². The third kappa shape index (κ3) is 5.26. The van der Waals surface area contributed by atoms with Gasteiger partial charge < -0.3 is 4.74 Å². The zero-order valence-corrected chi connectivity index (χ0v) is 13.4. The zero-order valence-electron chi connectivity index (χ0n) is 13.4. The van der Waals surface area contributed by atoms with Crippen molar-refractivity contribution in [2.45, 2.75) is 24.9 Å². The van der Waals surface area contributed by atoms with Crippen LogP contribution in [0, 0.1) is 0 Å². The van der Waals surface area contributed by atoms with E-state index in [1.54, 1.807) is 0 Å². The van der Waals surface area contributed by atoms with E-state index in [1.165, 1.54) is 0 Å². The minimum Gasteiger partial charge on any atom is -0.405 e. The summed E-state index contributed by atoms with van der Waals surface area (Å²) in [5.74, 6) is -1.45. The lowest BCUT2D eigenvalue weighted by molar-refractivity contribution is -0.274. The summed E-state index contributed by atoms with van der Waals surface area (Å²) < 4.78 is 160. The maximum absolute atomic E-state index is 13.3. The van der Waals surface area contributed by atoms with Crippen molar-refractivity contribution in [1.82, 2.24) is 0 Å². The van der Waals surface area contributed by atoms with Crippen molar-refractivity contribution >= 4 is 0 Å². The second kappa shape index (κ2) is 7.02. The highest BCUT2D eigenvalue weighted by atomic mass is 19.4. The van der Waals surface area contributed by atoms with Gasteiger partial charge in [-0.25, -0.2) is 0 Å². The predicted molar refractivity (Wildman–Crippen MR) is 73.6 cm³/mol.